The van der Waals surface area contributed by atoms with Crippen LogP contribution in [0.25, 0.3) is 0 Å². The molecular weight excluding hydrogens is 367 g/mol. The smallest absolute Gasteiger partial charge is 0.351 e. The number of carbonyl (C=O) groups is 3. The van der Waals surface area contributed by atoms with Gasteiger partial charge in [-0.05, 0) is 13.3 Å². The molecule has 148 valence electrons. The van der Waals surface area contributed by atoms with Gasteiger partial charge in [-0.3, -0.25) is 19.5 Å². The number of likely N-dealkylation sites (tertiary alicyclic amines) is 2. The molecular formula is C16H20F3N5O3. The highest BCUT2D eigenvalue weighted by molar-refractivity contribution is 5.97. The lowest BCUT2D eigenvalue weighted by Crippen LogP contribution is -2.56. The van der Waals surface area contributed by atoms with Crippen LogP contribution in [0.15, 0.2) is 0 Å². The number of amides is 3. The summed E-state index contributed by atoms with van der Waals surface area (Å²) < 4.78 is 39.1. The zero-order chi connectivity index (χ0) is 19.9. The standard InChI is InChI=1S/C16H20F3N5O3/c1-8-12(13(22-21-8)16(17,18)19)15(27)23-4-3-11(7-23)20-14(26)10-5-24(6-10)9(2)25/h10-11H,3-7H2,1-2H3,(H,20,26)(H,21,22)/t11-/m0/s1. The molecule has 0 spiro atoms. The maximum Gasteiger partial charge on any atom is 0.435 e. The van der Waals surface area contributed by atoms with Gasteiger partial charge in [0.25, 0.3) is 5.91 Å². The number of carbonyl (C=O) groups excluding carboxylic acids is 3. The summed E-state index contributed by atoms with van der Waals surface area (Å²) >= 11 is 0. The van der Waals surface area contributed by atoms with Crippen LogP contribution < -0.4 is 5.32 Å². The molecule has 1 aromatic heterocycles. The minimum Gasteiger partial charge on any atom is -0.351 e. The number of nitrogens with one attached hydrogen (secondary N) is 2. The van der Waals surface area contributed by atoms with Crippen molar-refractivity contribution in [2.75, 3.05) is 26.2 Å². The number of aromatic amines is 1. The monoisotopic (exact) mass is 387 g/mol. The third-order valence-corrected chi connectivity index (χ3v) is 4.95. The van der Waals surface area contributed by atoms with Gasteiger partial charge in [-0.2, -0.15) is 18.3 Å². The Kier molecular flexibility index (Phi) is 4.87. The number of hydrogen-bond acceptors (Lipinski definition) is 4. The summed E-state index contributed by atoms with van der Waals surface area (Å²) in [7, 11) is 0. The molecule has 1 atom stereocenters. The molecule has 0 unspecified atom stereocenters. The van der Waals surface area contributed by atoms with E-state index in [1.54, 1.807) is 4.90 Å². The summed E-state index contributed by atoms with van der Waals surface area (Å²) in [5, 5.41) is 8.24. The van der Waals surface area contributed by atoms with Crippen molar-refractivity contribution in [2.45, 2.75) is 32.5 Å². The highest BCUT2D eigenvalue weighted by Crippen LogP contribution is 2.32. The second-order valence-electron chi connectivity index (χ2n) is 6.94. The molecule has 0 bridgehead atoms. The first kappa shape index (κ1) is 19.2. The van der Waals surface area contributed by atoms with E-state index >= 15 is 0 Å². The quantitative estimate of drug-likeness (QED) is 0.791. The number of halogens is 3. The third kappa shape index (κ3) is 3.76. The molecule has 0 radical (unpaired) electrons. The summed E-state index contributed by atoms with van der Waals surface area (Å²) in [6.45, 7) is 3.90. The molecule has 8 nitrogen and oxygen atoms in total. The molecule has 2 aliphatic heterocycles. The van der Waals surface area contributed by atoms with Crippen LogP contribution in [0, 0.1) is 12.8 Å². The minimum absolute atomic E-state index is 0.0543. The van der Waals surface area contributed by atoms with Crippen molar-refractivity contribution in [3.05, 3.63) is 17.0 Å². The van der Waals surface area contributed by atoms with Crippen LogP contribution in [0.3, 0.4) is 0 Å². The first-order valence-corrected chi connectivity index (χ1v) is 8.55. The number of hydrogen-bond donors (Lipinski definition) is 2. The number of aromatic nitrogens is 2. The SMILES string of the molecule is CC(=O)N1CC(C(=O)N[C@H]2CCN(C(=O)c3c(C(F)(F)F)n[nH]c3C)C2)C1. The van der Waals surface area contributed by atoms with Crippen LogP contribution >= 0.6 is 0 Å². The van der Waals surface area contributed by atoms with Gasteiger partial charge in [0.05, 0.1) is 11.5 Å². The molecule has 3 rings (SSSR count). The molecule has 3 heterocycles. The van der Waals surface area contributed by atoms with E-state index in [1.807, 2.05) is 0 Å². The Balaban J connectivity index is 1.59. The maximum atomic E-state index is 13.0. The van der Waals surface area contributed by atoms with Gasteiger partial charge in [-0.25, -0.2) is 0 Å². The van der Waals surface area contributed by atoms with Crippen LogP contribution in [0.2, 0.25) is 0 Å². The number of alkyl halides is 3. The number of rotatable bonds is 3. The lowest BCUT2D eigenvalue weighted by molar-refractivity contribution is -0.142. The number of nitrogens with zero attached hydrogens (tertiary/aromatic N) is 3. The van der Waals surface area contributed by atoms with Gasteiger partial charge in [0.1, 0.15) is 0 Å². The van der Waals surface area contributed by atoms with Gasteiger partial charge in [0.15, 0.2) is 5.69 Å². The van der Waals surface area contributed by atoms with Crippen LogP contribution in [0.5, 0.6) is 0 Å². The highest BCUT2D eigenvalue weighted by atomic mass is 19.4. The average molecular weight is 387 g/mol. The van der Waals surface area contributed by atoms with Crippen LogP contribution in [0.4, 0.5) is 13.2 Å². The van der Waals surface area contributed by atoms with Crippen molar-refractivity contribution < 1.29 is 27.6 Å². The van der Waals surface area contributed by atoms with Crippen LogP contribution in [0.1, 0.15) is 35.1 Å². The second kappa shape index (κ2) is 6.86. The van der Waals surface area contributed by atoms with Gasteiger partial charge in [0, 0.05) is 44.8 Å². The Labute approximate surface area is 153 Å². The molecule has 2 N–H and O–H groups in total. The maximum absolute atomic E-state index is 13.0. The largest absolute Gasteiger partial charge is 0.435 e. The number of aryl methyl sites for hydroxylation is 1. The first-order chi connectivity index (χ1) is 12.6. The molecule has 0 aliphatic carbocycles. The fourth-order valence-electron chi connectivity index (χ4n) is 3.34. The van der Waals surface area contributed by atoms with E-state index in [4.69, 9.17) is 0 Å². The van der Waals surface area contributed by atoms with Crippen molar-refractivity contribution in [3.8, 4) is 0 Å². The summed E-state index contributed by atoms with van der Waals surface area (Å²) in [6.07, 6.45) is -4.27. The first-order valence-electron chi connectivity index (χ1n) is 8.55. The zero-order valence-electron chi connectivity index (χ0n) is 14.9. The summed E-state index contributed by atoms with van der Waals surface area (Å²) in [5.74, 6) is -1.33. The van der Waals surface area contributed by atoms with Gasteiger partial charge >= 0.3 is 6.18 Å². The number of H-pyrrole nitrogens is 1. The molecule has 11 heteroatoms. The Bertz CT molecular complexity index is 770. The molecule has 2 fully saturated rings. The van der Waals surface area contributed by atoms with E-state index < -0.39 is 23.3 Å². The third-order valence-electron chi connectivity index (χ3n) is 4.95. The summed E-state index contributed by atoms with van der Waals surface area (Å²) in [4.78, 5) is 38.7. The zero-order valence-corrected chi connectivity index (χ0v) is 14.9. The summed E-state index contributed by atoms with van der Waals surface area (Å²) in [5.41, 5.74) is -1.65. The van der Waals surface area contributed by atoms with Crippen molar-refractivity contribution >= 4 is 17.7 Å². The molecule has 0 saturated carbocycles. The minimum atomic E-state index is -4.73. The Morgan fingerprint density at radius 1 is 1.19 bits per heavy atom. The Hall–Kier alpha value is -2.59. The Morgan fingerprint density at radius 2 is 1.85 bits per heavy atom. The van der Waals surface area contributed by atoms with E-state index in [0.717, 1.165) is 0 Å². The molecule has 1 aromatic rings. The van der Waals surface area contributed by atoms with Gasteiger partial charge in [0.2, 0.25) is 11.8 Å². The van der Waals surface area contributed by atoms with Gasteiger partial charge < -0.3 is 15.1 Å². The fraction of sp³-hybridized carbons (Fsp3) is 0.625. The second-order valence-corrected chi connectivity index (χ2v) is 6.94. The molecule has 27 heavy (non-hydrogen) atoms. The van der Waals surface area contributed by atoms with E-state index in [9.17, 15) is 27.6 Å². The Morgan fingerprint density at radius 3 is 2.44 bits per heavy atom. The van der Waals surface area contributed by atoms with Gasteiger partial charge in [-0.1, -0.05) is 0 Å². The van der Waals surface area contributed by atoms with E-state index in [1.165, 1.54) is 18.7 Å². The lowest BCUT2D eigenvalue weighted by atomic mass is 9.98. The highest BCUT2D eigenvalue weighted by Gasteiger charge is 2.42. The van der Waals surface area contributed by atoms with Crippen molar-refractivity contribution in [3.63, 3.8) is 0 Å². The fourth-order valence-corrected chi connectivity index (χ4v) is 3.34. The van der Waals surface area contributed by atoms with Crippen molar-refractivity contribution in [1.82, 2.24) is 25.3 Å². The van der Waals surface area contributed by atoms with Gasteiger partial charge in [-0.15, -0.1) is 0 Å². The van der Waals surface area contributed by atoms with Crippen molar-refractivity contribution in [2.24, 2.45) is 5.92 Å². The summed E-state index contributed by atoms with van der Waals surface area (Å²) in [6, 6.07) is -0.325. The average Bonchev–Trinajstić information content (AvgIpc) is 3.10. The van der Waals surface area contributed by atoms with Crippen molar-refractivity contribution in [1.29, 1.82) is 0 Å². The molecule has 2 saturated heterocycles. The molecule has 3 amide bonds. The van der Waals surface area contributed by atoms with E-state index in [0.29, 0.717) is 19.5 Å². The lowest BCUT2D eigenvalue weighted by Gasteiger charge is -2.37. The topological polar surface area (TPSA) is 98.4 Å². The van der Waals surface area contributed by atoms with E-state index in [-0.39, 0.29) is 42.6 Å². The molecule has 2 aliphatic rings. The predicted molar refractivity (Wildman–Crippen MR) is 86.5 cm³/mol. The predicted octanol–water partition coefficient (Wildman–Crippen LogP) is 0.546. The van der Waals surface area contributed by atoms with Crippen LogP contribution in [-0.2, 0) is 15.8 Å². The molecule has 0 aromatic carbocycles. The van der Waals surface area contributed by atoms with E-state index in [2.05, 4.69) is 15.5 Å². The normalized spacial score (nSPS) is 20.6. The van der Waals surface area contributed by atoms with Crippen LogP contribution in [-0.4, -0.2) is 69.9 Å².